The van der Waals surface area contributed by atoms with Gasteiger partial charge in [-0.25, -0.2) is 9.78 Å². The van der Waals surface area contributed by atoms with Crippen LogP contribution >= 0.6 is 23.1 Å². The summed E-state index contributed by atoms with van der Waals surface area (Å²) in [6.07, 6.45) is 5.02. The van der Waals surface area contributed by atoms with Gasteiger partial charge in [-0.1, -0.05) is 133 Å². The standard InChI is InChI=1S/C44H39N5O6S2/c1-4-5-15-30-27-56-41-37(40(51)49(41)38(30)42(52)55-26-29-22-24-34(53-2)25-23-29)46-39(50)36(48-54-3)35-28-57-43(45-35)47-44(31-16-9-6-10-17-31,32-18-11-7-12-19-32)33-20-13-8-14-21-33/h4-25,28,37,41H,1,26-27H2,2-3H3,(H,45,47)(H,46,50)/b15-5+,48-36-/t37-,41+/m1/s1. The Kier molecular flexibility index (Phi) is 12.0. The summed E-state index contributed by atoms with van der Waals surface area (Å²) < 4.78 is 10.9. The Morgan fingerprint density at radius 1 is 0.930 bits per heavy atom. The van der Waals surface area contributed by atoms with E-state index in [2.05, 4.69) is 58.8 Å². The molecule has 13 heteroatoms. The average molecular weight is 798 g/mol. The molecule has 0 bridgehead atoms. The van der Waals surface area contributed by atoms with Crippen LogP contribution in [0.25, 0.3) is 0 Å². The van der Waals surface area contributed by atoms with Crippen molar-refractivity contribution in [3.05, 3.63) is 185 Å². The molecule has 2 aliphatic rings. The zero-order valence-corrected chi connectivity index (χ0v) is 32.8. The molecule has 4 aromatic carbocycles. The molecule has 0 saturated carbocycles. The second kappa shape index (κ2) is 17.6. The van der Waals surface area contributed by atoms with Crippen LogP contribution < -0.4 is 15.4 Å². The third-order valence-electron chi connectivity index (χ3n) is 9.50. The van der Waals surface area contributed by atoms with E-state index in [1.807, 2.05) is 54.6 Å². The Labute approximate surface area is 338 Å². The van der Waals surface area contributed by atoms with Crippen LogP contribution in [0.3, 0.4) is 0 Å². The van der Waals surface area contributed by atoms with Gasteiger partial charge in [0.25, 0.3) is 11.8 Å². The van der Waals surface area contributed by atoms with Gasteiger partial charge in [-0.3, -0.25) is 14.5 Å². The molecule has 3 heterocycles. The van der Waals surface area contributed by atoms with E-state index in [9.17, 15) is 14.4 Å². The number of thioether (sulfide) groups is 1. The zero-order valence-electron chi connectivity index (χ0n) is 31.2. The number of thiazole rings is 1. The third-order valence-corrected chi connectivity index (χ3v) is 11.6. The monoisotopic (exact) mass is 797 g/mol. The van der Waals surface area contributed by atoms with Gasteiger partial charge in [-0.05, 0) is 40.0 Å². The summed E-state index contributed by atoms with van der Waals surface area (Å²) in [7, 11) is 2.91. The number of methoxy groups -OCH3 is 1. The highest BCUT2D eigenvalue weighted by Gasteiger charge is 2.54. The Hall–Kier alpha value is -6.44. The second-order valence-electron chi connectivity index (χ2n) is 12.9. The molecule has 0 unspecified atom stereocenters. The van der Waals surface area contributed by atoms with Gasteiger partial charge in [-0.2, -0.15) is 0 Å². The Balaban J connectivity index is 1.12. The highest BCUT2D eigenvalue weighted by molar-refractivity contribution is 8.00. The highest BCUT2D eigenvalue weighted by atomic mass is 32.2. The van der Waals surface area contributed by atoms with Gasteiger partial charge >= 0.3 is 5.97 Å². The second-order valence-corrected chi connectivity index (χ2v) is 14.9. The van der Waals surface area contributed by atoms with Crippen LogP contribution in [0.5, 0.6) is 5.75 Å². The van der Waals surface area contributed by atoms with Crippen LogP contribution in [0, 0.1) is 0 Å². The van der Waals surface area contributed by atoms with Crippen molar-refractivity contribution < 1.29 is 28.7 Å². The first-order chi connectivity index (χ1) is 27.9. The van der Waals surface area contributed by atoms with Crippen LogP contribution in [-0.2, 0) is 36.1 Å². The van der Waals surface area contributed by atoms with Gasteiger partial charge in [0.05, 0.1) is 7.11 Å². The molecule has 7 rings (SSSR count). The fourth-order valence-electron chi connectivity index (χ4n) is 6.77. The Bertz CT molecular complexity index is 2230. The summed E-state index contributed by atoms with van der Waals surface area (Å²) in [6.45, 7) is 3.72. The van der Waals surface area contributed by atoms with E-state index in [4.69, 9.17) is 19.3 Å². The minimum Gasteiger partial charge on any atom is -0.497 e. The molecule has 2 N–H and O–H groups in total. The summed E-state index contributed by atoms with van der Waals surface area (Å²) in [5, 5.41) is 12.3. The van der Waals surface area contributed by atoms with E-state index in [0.29, 0.717) is 22.2 Å². The fourth-order valence-corrected chi connectivity index (χ4v) is 8.84. The largest absolute Gasteiger partial charge is 0.497 e. The quantitative estimate of drug-likeness (QED) is 0.0286. The van der Waals surface area contributed by atoms with E-state index in [1.165, 1.54) is 35.1 Å². The molecular formula is C44H39N5O6S2. The predicted molar refractivity (Wildman–Crippen MR) is 223 cm³/mol. The number of anilines is 1. The fraction of sp³-hybridized carbons (Fsp3) is 0.159. The molecule has 288 valence electrons. The van der Waals surface area contributed by atoms with Crippen LogP contribution in [-0.4, -0.2) is 64.8 Å². The van der Waals surface area contributed by atoms with Crippen molar-refractivity contribution in [2.24, 2.45) is 5.16 Å². The molecule has 0 radical (unpaired) electrons. The maximum atomic E-state index is 13.9. The number of nitrogens with zero attached hydrogens (tertiary/aromatic N) is 3. The molecular weight excluding hydrogens is 759 g/mol. The maximum Gasteiger partial charge on any atom is 0.355 e. The van der Waals surface area contributed by atoms with Crippen molar-refractivity contribution in [3.8, 4) is 5.75 Å². The van der Waals surface area contributed by atoms with Crippen LogP contribution in [0.2, 0.25) is 0 Å². The molecule has 57 heavy (non-hydrogen) atoms. The molecule has 2 amide bonds. The molecule has 11 nitrogen and oxygen atoms in total. The predicted octanol–water partition coefficient (Wildman–Crippen LogP) is 7.05. The van der Waals surface area contributed by atoms with Gasteiger partial charge in [-0.15, -0.1) is 23.1 Å². The normalized spacial score (nSPS) is 16.7. The first-order valence-electron chi connectivity index (χ1n) is 18.0. The van der Waals surface area contributed by atoms with E-state index >= 15 is 0 Å². The Morgan fingerprint density at radius 3 is 2.11 bits per heavy atom. The Morgan fingerprint density at radius 2 is 1.54 bits per heavy atom. The van der Waals surface area contributed by atoms with Gasteiger partial charge in [0, 0.05) is 11.1 Å². The SMILES string of the molecule is C=C/C=C/C1=C(C(=O)OCc2ccc(OC)cc2)N2C(=O)[C@@H](NC(=O)/C(=N\OC)c3csc(NC(c4ccccc4)(c4ccccc4)c4ccccc4)n3)[C@@H]2SC1. The van der Waals surface area contributed by atoms with E-state index in [1.54, 1.807) is 55.0 Å². The van der Waals surface area contributed by atoms with Crippen molar-refractivity contribution in [3.63, 3.8) is 0 Å². The number of hydrogen-bond donors (Lipinski definition) is 2. The van der Waals surface area contributed by atoms with E-state index < -0.39 is 34.7 Å². The summed E-state index contributed by atoms with van der Waals surface area (Å²) >= 11 is 2.73. The molecule has 2 aliphatic heterocycles. The molecule has 1 fully saturated rings. The zero-order chi connectivity index (χ0) is 39.8. The topological polar surface area (TPSA) is 131 Å². The number of hydrogen-bond acceptors (Lipinski definition) is 11. The highest BCUT2D eigenvalue weighted by Crippen LogP contribution is 2.42. The number of ether oxygens (including phenoxy) is 2. The summed E-state index contributed by atoms with van der Waals surface area (Å²) in [6, 6.07) is 36.5. The number of carbonyl (C=O) groups excluding carboxylic acids is 3. The van der Waals surface area contributed by atoms with Crippen LogP contribution in [0.15, 0.2) is 162 Å². The lowest BCUT2D eigenvalue weighted by Crippen LogP contribution is -2.71. The van der Waals surface area contributed by atoms with Crippen molar-refractivity contribution in [1.29, 1.82) is 0 Å². The summed E-state index contributed by atoms with van der Waals surface area (Å²) in [5.41, 5.74) is 3.75. The molecule has 1 saturated heterocycles. The van der Waals surface area contributed by atoms with Crippen LogP contribution in [0.4, 0.5) is 5.13 Å². The van der Waals surface area contributed by atoms with Gasteiger partial charge in [0.1, 0.15) is 47.8 Å². The number of oxime groups is 1. The lowest BCUT2D eigenvalue weighted by molar-refractivity contribution is -0.153. The van der Waals surface area contributed by atoms with E-state index in [-0.39, 0.29) is 23.7 Å². The number of fused-ring (bicyclic) bond motifs is 1. The number of carbonyl (C=O) groups is 3. The molecule has 1 aromatic heterocycles. The molecule has 0 spiro atoms. The summed E-state index contributed by atoms with van der Waals surface area (Å²) in [4.78, 5) is 52.7. The average Bonchev–Trinajstić information content (AvgIpc) is 3.73. The van der Waals surface area contributed by atoms with E-state index in [0.717, 1.165) is 22.3 Å². The van der Waals surface area contributed by atoms with Gasteiger partial charge < -0.3 is 24.9 Å². The number of benzene rings is 4. The summed E-state index contributed by atoms with van der Waals surface area (Å²) in [5.74, 6) is -0.697. The maximum absolute atomic E-state index is 13.9. The van der Waals surface area contributed by atoms with Gasteiger partial charge in [0.2, 0.25) is 0 Å². The van der Waals surface area contributed by atoms with Crippen molar-refractivity contribution in [1.82, 2.24) is 15.2 Å². The number of allylic oxidation sites excluding steroid dienone is 3. The first kappa shape index (κ1) is 38.8. The molecule has 2 atom stereocenters. The number of aromatic nitrogens is 1. The number of β-lactam (4-membered cyclic amide) rings is 1. The van der Waals surface area contributed by atoms with Crippen LogP contribution in [0.1, 0.15) is 27.9 Å². The number of amides is 2. The number of nitrogens with one attached hydrogen (secondary N) is 2. The number of esters is 1. The third kappa shape index (κ3) is 7.98. The molecule has 0 aliphatic carbocycles. The lowest BCUT2D eigenvalue weighted by Gasteiger charge is -2.49. The smallest absolute Gasteiger partial charge is 0.355 e. The minimum atomic E-state index is -0.947. The van der Waals surface area contributed by atoms with Crippen molar-refractivity contribution in [2.45, 2.75) is 23.6 Å². The van der Waals surface area contributed by atoms with Crippen molar-refractivity contribution >= 4 is 51.7 Å². The lowest BCUT2D eigenvalue weighted by atomic mass is 9.77. The number of rotatable bonds is 15. The van der Waals surface area contributed by atoms with Gasteiger partial charge in [0.15, 0.2) is 10.8 Å². The first-order valence-corrected chi connectivity index (χ1v) is 19.9. The molecule has 5 aromatic rings. The van der Waals surface area contributed by atoms with Crippen molar-refractivity contribution in [2.75, 3.05) is 25.3 Å². The minimum absolute atomic E-state index is 0.00468.